The van der Waals surface area contributed by atoms with E-state index in [9.17, 15) is 9.59 Å². The Balaban J connectivity index is 0.000000336. The van der Waals surface area contributed by atoms with Gasteiger partial charge >= 0.3 is 5.97 Å². The summed E-state index contributed by atoms with van der Waals surface area (Å²) < 4.78 is 9.97. The minimum absolute atomic E-state index is 0.339. The summed E-state index contributed by atoms with van der Waals surface area (Å²) in [4.78, 5) is 20.0. The van der Waals surface area contributed by atoms with Gasteiger partial charge in [-0.3, -0.25) is 4.79 Å². The van der Waals surface area contributed by atoms with Gasteiger partial charge in [-0.15, -0.1) is 0 Å². The first-order valence-corrected chi connectivity index (χ1v) is 4.68. The molecule has 1 aliphatic heterocycles. The Bertz CT molecular complexity index is 258. The van der Waals surface area contributed by atoms with Crippen molar-refractivity contribution in [2.24, 2.45) is 0 Å². The third-order valence-corrected chi connectivity index (χ3v) is 1.36. The smallest absolute Gasteiger partial charge is 0.337 e. The van der Waals surface area contributed by atoms with Crippen molar-refractivity contribution in [2.75, 3.05) is 6.54 Å². The normalized spacial score (nSPS) is 17.3. The third-order valence-electron chi connectivity index (χ3n) is 1.36. The van der Waals surface area contributed by atoms with E-state index in [4.69, 9.17) is 9.47 Å². The van der Waals surface area contributed by atoms with Gasteiger partial charge in [-0.25, -0.2) is 4.79 Å². The third kappa shape index (κ3) is 6.54. The maximum absolute atomic E-state index is 10.7. The van der Waals surface area contributed by atoms with Crippen LogP contribution >= 0.6 is 0 Å². The van der Waals surface area contributed by atoms with E-state index in [0.29, 0.717) is 12.2 Å². The first kappa shape index (κ1) is 13.5. The van der Waals surface area contributed by atoms with Crippen molar-refractivity contribution in [1.29, 1.82) is 0 Å². The van der Waals surface area contributed by atoms with Gasteiger partial charge in [-0.05, 0) is 13.8 Å². The molecule has 0 aromatic carbocycles. The first-order valence-electron chi connectivity index (χ1n) is 4.68. The van der Waals surface area contributed by atoms with Gasteiger partial charge in [0, 0.05) is 20.4 Å². The molecular formula is C10H17NO4. The van der Waals surface area contributed by atoms with E-state index < -0.39 is 5.79 Å². The number of nitrogens with one attached hydrogen (secondary N) is 1. The molecule has 86 valence electrons. The quantitative estimate of drug-likeness (QED) is 0.550. The molecule has 1 heterocycles. The molecule has 1 N–H and O–H groups in total. The number of rotatable bonds is 2. The zero-order valence-electron chi connectivity index (χ0n) is 9.49. The molecule has 5 nitrogen and oxygen atoms in total. The van der Waals surface area contributed by atoms with E-state index in [1.54, 1.807) is 20.8 Å². The van der Waals surface area contributed by atoms with Crippen molar-refractivity contribution in [3.8, 4) is 0 Å². The molecule has 15 heavy (non-hydrogen) atoms. The Hall–Kier alpha value is -1.52. The lowest BCUT2D eigenvalue weighted by atomic mass is 10.3. The molecule has 0 aromatic rings. The summed E-state index contributed by atoms with van der Waals surface area (Å²) in [7, 11) is 0. The van der Waals surface area contributed by atoms with Crippen molar-refractivity contribution in [3.05, 3.63) is 11.8 Å². The van der Waals surface area contributed by atoms with Crippen LogP contribution in [0.25, 0.3) is 0 Å². The zero-order chi connectivity index (χ0) is 11.9. The summed E-state index contributed by atoms with van der Waals surface area (Å²) in [6.07, 6.45) is 2.01. The molecular weight excluding hydrogens is 198 g/mol. The number of ether oxygens (including phenoxy) is 2. The highest BCUT2D eigenvalue weighted by molar-refractivity contribution is 5.83. The molecule has 0 unspecified atom stereocenters. The Morgan fingerprint density at radius 2 is 2.07 bits per heavy atom. The van der Waals surface area contributed by atoms with Crippen molar-refractivity contribution in [1.82, 2.24) is 5.32 Å². The molecule has 0 aromatic heterocycles. The fourth-order valence-corrected chi connectivity index (χ4v) is 0.959. The monoisotopic (exact) mass is 215 g/mol. The molecule has 0 atom stereocenters. The van der Waals surface area contributed by atoms with Crippen LogP contribution in [0.15, 0.2) is 11.8 Å². The van der Waals surface area contributed by atoms with Crippen LogP contribution in [0.1, 0.15) is 27.7 Å². The van der Waals surface area contributed by atoms with Crippen LogP contribution in [0, 0.1) is 0 Å². The lowest BCUT2D eigenvalue weighted by Gasteiger charge is -2.29. The predicted octanol–water partition coefficient (Wildman–Crippen LogP) is 0.952. The number of cyclic esters (lactones) is 1. The molecule has 5 heteroatoms. The Kier molecular flexibility index (Phi) is 5.44. The molecule has 1 rings (SSSR count). The standard InChI is InChI=1S/C7H10O3.C3H7NO/c1-5-4-6(8)10-7(2,3)9-5;1-2-4-3-5/h4H,1-3H3;3H,2H2,1H3,(H,4,5). The minimum atomic E-state index is -0.796. The maximum atomic E-state index is 10.7. The molecule has 0 aliphatic carbocycles. The second-order valence-corrected chi connectivity index (χ2v) is 3.35. The van der Waals surface area contributed by atoms with Crippen LogP contribution in [0.3, 0.4) is 0 Å². The Morgan fingerprint density at radius 3 is 2.33 bits per heavy atom. The van der Waals surface area contributed by atoms with E-state index in [2.05, 4.69) is 5.32 Å². The van der Waals surface area contributed by atoms with Gasteiger partial charge < -0.3 is 14.8 Å². The average molecular weight is 215 g/mol. The van der Waals surface area contributed by atoms with Gasteiger partial charge in [0.15, 0.2) is 0 Å². The number of carbonyl (C=O) groups excluding carboxylic acids is 2. The molecule has 0 saturated heterocycles. The molecule has 0 fully saturated rings. The number of hydrogen-bond donors (Lipinski definition) is 1. The van der Waals surface area contributed by atoms with Crippen LogP contribution in [-0.2, 0) is 19.1 Å². The number of esters is 1. The van der Waals surface area contributed by atoms with Gasteiger partial charge in [-0.1, -0.05) is 0 Å². The highest BCUT2D eigenvalue weighted by Crippen LogP contribution is 2.20. The lowest BCUT2D eigenvalue weighted by Crippen LogP contribution is -2.33. The van der Waals surface area contributed by atoms with Crippen LogP contribution in [0.4, 0.5) is 0 Å². The van der Waals surface area contributed by atoms with Crippen LogP contribution in [-0.4, -0.2) is 24.7 Å². The number of allylic oxidation sites excluding steroid dienone is 1. The van der Waals surface area contributed by atoms with Gasteiger partial charge in [0.2, 0.25) is 12.2 Å². The molecule has 0 bridgehead atoms. The molecule has 1 aliphatic rings. The largest absolute Gasteiger partial charge is 0.457 e. The fourth-order valence-electron chi connectivity index (χ4n) is 0.959. The molecule has 0 saturated carbocycles. The van der Waals surface area contributed by atoms with Crippen molar-refractivity contribution in [2.45, 2.75) is 33.5 Å². The van der Waals surface area contributed by atoms with Crippen LogP contribution in [0.2, 0.25) is 0 Å². The van der Waals surface area contributed by atoms with Gasteiger partial charge in [0.25, 0.3) is 0 Å². The van der Waals surface area contributed by atoms with Crippen molar-refractivity contribution in [3.63, 3.8) is 0 Å². The van der Waals surface area contributed by atoms with Crippen LogP contribution in [0.5, 0.6) is 0 Å². The average Bonchev–Trinajstić information content (AvgIpc) is 2.01. The van der Waals surface area contributed by atoms with Crippen molar-refractivity contribution >= 4 is 12.4 Å². The zero-order valence-corrected chi connectivity index (χ0v) is 9.49. The maximum Gasteiger partial charge on any atom is 0.337 e. The topological polar surface area (TPSA) is 64.6 Å². The molecule has 1 amide bonds. The second kappa shape index (κ2) is 6.06. The van der Waals surface area contributed by atoms with Crippen LogP contribution < -0.4 is 5.32 Å². The second-order valence-electron chi connectivity index (χ2n) is 3.35. The highest BCUT2D eigenvalue weighted by Gasteiger charge is 2.27. The first-order chi connectivity index (χ1) is 6.91. The molecule has 0 spiro atoms. The van der Waals surface area contributed by atoms with E-state index in [1.165, 1.54) is 6.08 Å². The highest BCUT2D eigenvalue weighted by atomic mass is 16.7. The summed E-state index contributed by atoms with van der Waals surface area (Å²) in [5.41, 5.74) is 0. The van der Waals surface area contributed by atoms with E-state index in [-0.39, 0.29) is 5.97 Å². The lowest BCUT2D eigenvalue weighted by molar-refractivity contribution is -0.204. The summed E-state index contributed by atoms with van der Waals surface area (Å²) in [6, 6.07) is 0. The Morgan fingerprint density at radius 1 is 1.47 bits per heavy atom. The van der Waals surface area contributed by atoms with Gasteiger partial charge in [-0.2, -0.15) is 0 Å². The number of amides is 1. The Labute approximate surface area is 89.4 Å². The van der Waals surface area contributed by atoms with Gasteiger partial charge in [0.1, 0.15) is 5.76 Å². The minimum Gasteiger partial charge on any atom is -0.457 e. The summed E-state index contributed by atoms with van der Waals surface area (Å²) in [5.74, 6) is -0.536. The predicted molar refractivity (Wildman–Crippen MR) is 54.8 cm³/mol. The summed E-state index contributed by atoms with van der Waals surface area (Å²) >= 11 is 0. The van der Waals surface area contributed by atoms with E-state index in [0.717, 1.165) is 6.54 Å². The van der Waals surface area contributed by atoms with E-state index >= 15 is 0 Å². The fraction of sp³-hybridized carbons (Fsp3) is 0.600. The summed E-state index contributed by atoms with van der Waals surface area (Å²) in [6.45, 7) is 7.71. The SMILES string of the molecule is CC1=CC(=O)OC(C)(C)O1.CCNC=O. The van der Waals surface area contributed by atoms with E-state index in [1.807, 2.05) is 6.92 Å². The van der Waals surface area contributed by atoms with Crippen molar-refractivity contribution < 1.29 is 19.1 Å². The number of hydrogen-bond acceptors (Lipinski definition) is 4. The summed E-state index contributed by atoms with van der Waals surface area (Å²) in [5, 5.41) is 2.43. The number of carbonyl (C=O) groups is 2. The molecule has 0 radical (unpaired) electrons. The van der Waals surface area contributed by atoms with Gasteiger partial charge in [0.05, 0.1) is 6.08 Å².